The molecule has 0 bridgehead atoms. The summed E-state index contributed by atoms with van der Waals surface area (Å²) in [5.41, 5.74) is 0.346. The van der Waals surface area contributed by atoms with Gasteiger partial charge >= 0.3 is 5.97 Å². The SMILES string of the molecule is CCOC(=O)CC.COc1ccc(Oc2ccc(OCCOCCOCCOc3ccc4c(c3)C(=O)N(C3CCC(=O)NC3=O)C4=O)cn2)cc1. The second kappa shape index (κ2) is 19.6. The van der Waals surface area contributed by atoms with E-state index in [1.54, 1.807) is 69.6 Å². The van der Waals surface area contributed by atoms with E-state index in [9.17, 15) is 24.0 Å². The Hall–Kier alpha value is -5.54. The Morgan fingerprint density at radius 3 is 1.98 bits per heavy atom. The minimum atomic E-state index is -1.01. The minimum Gasteiger partial charge on any atom is -0.497 e. The fourth-order valence-electron chi connectivity index (χ4n) is 4.84. The highest BCUT2D eigenvalue weighted by atomic mass is 16.6. The number of hydrogen-bond donors (Lipinski definition) is 1. The van der Waals surface area contributed by atoms with Crippen LogP contribution in [0, 0.1) is 0 Å². The summed E-state index contributed by atoms with van der Waals surface area (Å²) in [7, 11) is 1.60. The number of esters is 1. The number of methoxy groups -OCH3 is 1. The zero-order valence-corrected chi connectivity index (χ0v) is 28.7. The van der Waals surface area contributed by atoms with Crippen molar-refractivity contribution in [2.45, 2.75) is 39.2 Å². The number of pyridine rings is 1. The molecule has 0 saturated carbocycles. The summed E-state index contributed by atoms with van der Waals surface area (Å²) < 4.78 is 37.7. The number of benzene rings is 2. The van der Waals surface area contributed by atoms with Crippen LogP contribution in [0.2, 0.25) is 0 Å². The molecule has 1 N–H and O–H groups in total. The van der Waals surface area contributed by atoms with Gasteiger partial charge in [0, 0.05) is 18.9 Å². The highest BCUT2D eigenvalue weighted by Crippen LogP contribution is 2.30. The molecule has 272 valence electrons. The number of nitrogens with zero attached hydrogens (tertiary/aromatic N) is 2. The summed E-state index contributed by atoms with van der Waals surface area (Å²) in [5.74, 6) is 0.457. The van der Waals surface area contributed by atoms with Crippen LogP contribution >= 0.6 is 0 Å². The summed E-state index contributed by atoms with van der Waals surface area (Å²) in [4.78, 5) is 64.6. The second-order valence-corrected chi connectivity index (χ2v) is 10.8. The zero-order chi connectivity index (χ0) is 36.6. The standard InChI is InChI=1S/C31H31N3O10.C5H10O2/c1-39-20-2-4-21(5-3-20)44-28-11-7-23(19-32-28)43-17-15-41-13-12-40-14-16-42-22-6-8-24-25(18-22)31(38)34(30(24)37)26-9-10-27(35)33-29(26)36;1-3-5(6)7-4-2/h2-8,11,18-19,26H,9-10,12-17H2,1H3,(H,33,35,36);3-4H2,1-2H3. The number of amides is 4. The van der Waals surface area contributed by atoms with Crippen molar-refractivity contribution in [3.8, 4) is 28.9 Å². The van der Waals surface area contributed by atoms with Gasteiger partial charge in [-0.25, -0.2) is 4.98 Å². The molecule has 1 aromatic heterocycles. The summed E-state index contributed by atoms with van der Waals surface area (Å²) in [5, 5.41) is 2.17. The molecule has 1 atom stereocenters. The van der Waals surface area contributed by atoms with Crippen LogP contribution in [-0.2, 0) is 28.6 Å². The van der Waals surface area contributed by atoms with E-state index in [0.717, 1.165) is 10.6 Å². The number of carbonyl (C=O) groups excluding carboxylic acids is 5. The summed E-state index contributed by atoms with van der Waals surface area (Å²) >= 11 is 0. The second-order valence-electron chi connectivity index (χ2n) is 10.8. The Balaban J connectivity index is 0.000000755. The molecule has 4 amide bonds. The van der Waals surface area contributed by atoms with Gasteiger partial charge in [-0.1, -0.05) is 6.92 Å². The van der Waals surface area contributed by atoms with Gasteiger partial charge in [0.1, 0.15) is 42.3 Å². The number of aromatic nitrogens is 1. The van der Waals surface area contributed by atoms with Gasteiger partial charge in [-0.3, -0.25) is 34.2 Å². The van der Waals surface area contributed by atoms with E-state index < -0.39 is 29.7 Å². The number of piperidine rings is 1. The van der Waals surface area contributed by atoms with E-state index in [2.05, 4.69) is 15.0 Å². The minimum absolute atomic E-state index is 0.0620. The molecule has 5 rings (SSSR count). The first kappa shape index (κ1) is 38.3. The topological polar surface area (TPSA) is 178 Å². The lowest BCUT2D eigenvalue weighted by Gasteiger charge is -2.27. The third-order valence-electron chi connectivity index (χ3n) is 7.36. The number of fused-ring (bicyclic) bond motifs is 1. The summed E-state index contributed by atoms with van der Waals surface area (Å²) in [6.07, 6.45) is 2.22. The molecular weight excluding hydrogens is 666 g/mol. The van der Waals surface area contributed by atoms with Crippen molar-refractivity contribution in [2.75, 3.05) is 53.4 Å². The smallest absolute Gasteiger partial charge is 0.305 e. The number of nitrogens with one attached hydrogen (secondary N) is 1. The van der Waals surface area contributed by atoms with Gasteiger partial charge in [-0.2, -0.15) is 0 Å². The Labute approximate surface area is 295 Å². The predicted molar refractivity (Wildman–Crippen MR) is 180 cm³/mol. The first-order chi connectivity index (χ1) is 24.7. The highest BCUT2D eigenvalue weighted by molar-refractivity contribution is 6.23. The van der Waals surface area contributed by atoms with E-state index in [-0.39, 0.29) is 43.2 Å². The van der Waals surface area contributed by atoms with Crippen LogP contribution < -0.4 is 24.3 Å². The summed E-state index contributed by atoms with van der Waals surface area (Å²) in [6, 6.07) is 14.2. The predicted octanol–water partition coefficient (Wildman–Crippen LogP) is 3.73. The van der Waals surface area contributed by atoms with E-state index in [1.807, 2.05) is 0 Å². The third kappa shape index (κ3) is 11.2. The van der Waals surface area contributed by atoms with Crippen molar-refractivity contribution in [3.63, 3.8) is 0 Å². The average molecular weight is 708 g/mol. The molecule has 15 heteroatoms. The van der Waals surface area contributed by atoms with Crippen LogP contribution in [0.3, 0.4) is 0 Å². The van der Waals surface area contributed by atoms with Crippen LogP contribution in [0.1, 0.15) is 53.8 Å². The molecule has 3 aromatic rings. The molecule has 1 unspecified atom stereocenters. The van der Waals surface area contributed by atoms with Crippen LogP contribution in [0.4, 0.5) is 0 Å². The van der Waals surface area contributed by atoms with Gasteiger partial charge in [-0.05, 0) is 61.9 Å². The molecule has 2 aliphatic rings. The van der Waals surface area contributed by atoms with Gasteiger partial charge in [0.2, 0.25) is 17.7 Å². The molecule has 15 nitrogen and oxygen atoms in total. The quantitative estimate of drug-likeness (QED) is 0.122. The summed E-state index contributed by atoms with van der Waals surface area (Å²) in [6.45, 7) is 5.97. The van der Waals surface area contributed by atoms with Gasteiger partial charge in [0.25, 0.3) is 11.8 Å². The fraction of sp³-hybridized carbons (Fsp3) is 0.389. The number of hydrogen-bond acceptors (Lipinski definition) is 13. The van der Waals surface area contributed by atoms with Crippen LogP contribution in [0.5, 0.6) is 28.9 Å². The number of imide groups is 2. The van der Waals surface area contributed by atoms with E-state index in [4.69, 9.17) is 28.4 Å². The van der Waals surface area contributed by atoms with Gasteiger partial charge in [0.05, 0.1) is 57.5 Å². The van der Waals surface area contributed by atoms with Gasteiger partial charge < -0.3 is 33.2 Å². The van der Waals surface area contributed by atoms with Crippen molar-refractivity contribution in [1.29, 1.82) is 0 Å². The molecule has 0 radical (unpaired) electrons. The van der Waals surface area contributed by atoms with Gasteiger partial charge in [-0.15, -0.1) is 0 Å². The number of ether oxygens (including phenoxy) is 7. The Kier molecular flexibility index (Phi) is 14.7. The monoisotopic (exact) mass is 707 g/mol. The number of rotatable bonds is 17. The Morgan fingerprint density at radius 2 is 1.39 bits per heavy atom. The molecule has 1 fully saturated rings. The molecular formula is C36H41N3O12. The number of carbonyl (C=O) groups is 5. The molecule has 0 aliphatic carbocycles. The molecule has 2 aromatic carbocycles. The molecule has 0 spiro atoms. The molecule has 51 heavy (non-hydrogen) atoms. The maximum atomic E-state index is 12.9. The van der Waals surface area contributed by atoms with Crippen molar-refractivity contribution >= 4 is 29.6 Å². The normalized spacial score (nSPS) is 15.0. The van der Waals surface area contributed by atoms with Gasteiger partial charge in [0.15, 0.2) is 0 Å². The third-order valence-corrected chi connectivity index (χ3v) is 7.36. The van der Waals surface area contributed by atoms with E-state index in [1.165, 1.54) is 12.1 Å². The molecule has 2 aliphatic heterocycles. The largest absolute Gasteiger partial charge is 0.497 e. The zero-order valence-electron chi connectivity index (χ0n) is 28.7. The Morgan fingerprint density at radius 1 is 0.784 bits per heavy atom. The lowest BCUT2D eigenvalue weighted by molar-refractivity contribution is -0.142. The van der Waals surface area contributed by atoms with Crippen LogP contribution in [0.15, 0.2) is 60.8 Å². The lowest BCUT2D eigenvalue weighted by atomic mass is 10.0. The van der Waals surface area contributed by atoms with Crippen molar-refractivity contribution in [2.24, 2.45) is 0 Å². The fourth-order valence-corrected chi connectivity index (χ4v) is 4.84. The van der Waals surface area contributed by atoms with Crippen molar-refractivity contribution in [3.05, 3.63) is 71.9 Å². The first-order valence-electron chi connectivity index (χ1n) is 16.4. The first-order valence-corrected chi connectivity index (χ1v) is 16.4. The average Bonchev–Trinajstić information content (AvgIpc) is 3.38. The van der Waals surface area contributed by atoms with Crippen molar-refractivity contribution in [1.82, 2.24) is 15.2 Å². The van der Waals surface area contributed by atoms with Crippen LogP contribution in [0.25, 0.3) is 0 Å². The maximum absolute atomic E-state index is 12.9. The van der Waals surface area contributed by atoms with E-state index >= 15 is 0 Å². The van der Waals surface area contributed by atoms with E-state index in [0.29, 0.717) is 62.6 Å². The Bertz CT molecular complexity index is 1650. The maximum Gasteiger partial charge on any atom is 0.305 e. The van der Waals surface area contributed by atoms with Crippen molar-refractivity contribution < 1.29 is 57.1 Å². The lowest BCUT2D eigenvalue weighted by Crippen LogP contribution is -2.54. The van der Waals surface area contributed by atoms with Crippen LogP contribution in [-0.4, -0.2) is 98.9 Å². The molecule has 1 saturated heterocycles. The molecule has 3 heterocycles. The highest BCUT2D eigenvalue weighted by Gasteiger charge is 2.44.